The van der Waals surface area contributed by atoms with E-state index in [4.69, 9.17) is 4.74 Å². The number of hydrogen-bond acceptors (Lipinski definition) is 4. The van der Waals surface area contributed by atoms with Crippen LogP contribution in [-0.4, -0.2) is 37.7 Å². The Morgan fingerprint density at radius 3 is 2.94 bits per heavy atom. The summed E-state index contributed by atoms with van der Waals surface area (Å²) in [6.07, 6.45) is 3.07. The monoisotopic (exact) mass is 227 g/mol. The normalized spacial score (nSPS) is 21.2. The first-order valence-corrected chi connectivity index (χ1v) is 5.29. The number of amides is 1. The molecule has 1 N–H and O–H groups in total. The van der Waals surface area contributed by atoms with Crippen molar-refractivity contribution in [1.29, 1.82) is 0 Å². The van der Waals surface area contributed by atoms with Gasteiger partial charge in [-0.3, -0.25) is 4.79 Å². The smallest absolute Gasteiger partial charge is 0.328 e. The van der Waals surface area contributed by atoms with Crippen LogP contribution in [0.5, 0.6) is 0 Å². The predicted molar refractivity (Wildman–Crippen MR) is 57.7 cm³/mol. The lowest BCUT2D eigenvalue weighted by Gasteiger charge is -2.17. The van der Waals surface area contributed by atoms with Gasteiger partial charge in [0.15, 0.2) is 0 Å². The highest BCUT2D eigenvalue weighted by Gasteiger charge is 2.27. The second-order valence-electron chi connectivity index (χ2n) is 3.61. The van der Waals surface area contributed by atoms with Crippen molar-refractivity contribution in [2.45, 2.75) is 31.4 Å². The second kappa shape index (κ2) is 6.27. The van der Waals surface area contributed by atoms with Crippen molar-refractivity contribution >= 4 is 11.9 Å². The third kappa shape index (κ3) is 3.34. The number of carbonyl (C=O) groups excluding carboxylic acids is 2. The molecular weight excluding hydrogens is 210 g/mol. The largest absolute Gasteiger partial charge is 0.467 e. The summed E-state index contributed by atoms with van der Waals surface area (Å²) in [5.74, 6) is -0.721. The topological polar surface area (TPSA) is 64.6 Å². The minimum Gasteiger partial charge on any atom is -0.467 e. The second-order valence-corrected chi connectivity index (χ2v) is 3.61. The molecule has 0 bridgehead atoms. The van der Waals surface area contributed by atoms with Crippen molar-refractivity contribution in [2.75, 3.05) is 13.7 Å². The van der Waals surface area contributed by atoms with Gasteiger partial charge in [-0.2, -0.15) is 0 Å². The fourth-order valence-corrected chi connectivity index (χ4v) is 1.57. The van der Waals surface area contributed by atoms with Crippen molar-refractivity contribution < 1.29 is 19.1 Å². The minimum absolute atomic E-state index is 0.255. The van der Waals surface area contributed by atoms with E-state index in [9.17, 15) is 9.59 Å². The Bertz CT molecular complexity index is 271. The Balaban J connectivity index is 2.49. The molecule has 0 aromatic carbocycles. The summed E-state index contributed by atoms with van der Waals surface area (Å²) in [5, 5.41) is 2.60. The first-order valence-electron chi connectivity index (χ1n) is 5.29. The Morgan fingerprint density at radius 2 is 2.44 bits per heavy atom. The van der Waals surface area contributed by atoms with Gasteiger partial charge in [-0.25, -0.2) is 4.79 Å². The van der Waals surface area contributed by atoms with Crippen LogP contribution in [0, 0.1) is 0 Å². The minimum atomic E-state index is -0.667. The summed E-state index contributed by atoms with van der Waals surface area (Å²) in [5.41, 5.74) is 0. The van der Waals surface area contributed by atoms with E-state index in [1.165, 1.54) is 7.11 Å². The zero-order valence-electron chi connectivity index (χ0n) is 9.40. The van der Waals surface area contributed by atoms with E-state index >= 15 is 0 Å². The van der Waals surface area contributed by atoms with Crippen LogP contribution in [0.15, 0.2) is 12.7 Å². The number of nitrogens with one attached hydrogen (secondary N) is 1. The lowest BCUT2D eigenvalue weighted by Crippen LogP contribution is -2.45. The van der Waals surface area contributed by atoms with E-state index in [2.05, 4.69) is 16.6 Å². The molecule has 1 fully saturated rings. The van der Waals surface area contributed by atoms with Gasteiger partial charge in [0, 0.05) is 6.61 Å². The molecule has 1 heterocycles. The Kier molecular flexibility index (Phi) is 4.98. The molecule has 0 aromatic heterocycles. The molecular formula is C11H17NO4. The van der Waals surface area contributed by atoms with E-state index in [0.29, 0.717) is 19.4 Å². The van der Waals surface area contributed by atoms with Crippen molar-refractivity contribution in [2.24, 2.45) is 0 Å². The lowest BCUT2D eigenvalue weighted by atomic mass is 10.1. The van der Waals surface area contributed by atoms with Gasteiger partial charge in [0.25, 0.3) is 0 Å². The molecule has 0 radical (unpaired) electrons. The van der Waals surface area contributed by atoms with Gasteiger partial charge in [0.05, 0.1) is 7.11 Å². The van der Waals surface area contributed by atoms with E-state index in [-0.39, 0.29) is 5.91 Å². The SMILES string of the molecule is C=CC[C@@H](NC(=O)[C@H]1CCCO1)C(=O)OC. The zero-order valence-corrected chi connectivity index (χ0v) is 9.40. The van der Waals surface area contributed by atoms with Crippen LogP contribution in [0.3, 0.4) is 0 Å². The Labute approximate surface area is 94.8 Å². The van der Waals surface area contributed by atoms with Crippen LogP contribution in [0.25, 0.3) is 0 Å². The van der Waals surface area contributed by atoms with Crippen LogP contribution in [0.1, 0.15) is 19.3 Å². The van der Waals surface area contributed by atoms with Gasteiger partial charge in [0.2, 0.25) is 5.91 Å². The van der Waals surface area contributed by atoms with Crippen LogP contribution in [-0.2, 0) is 19.1 Å². The zero-order chi connectivity index (χ0) is 12.0. The number of esters is 1. The van der Waals surface area contributed by atoms with E-state index in [0.717, 1.165) is 6.42 Å². The molecule has 1 amide bonds. The van der Waals surface area contributed by atoms with Gasteiger partial charge >= 0.3 is 5.97 Å². The van der Waals surface area contributed by atoms with Gasteiger partial charge in [0.1, 0.15) is 12.1 Å². The molecule has 0 aliphatic carbocycles. The molecule has 0 spiro atoms. The van der Waals surface area contributed by atoms with Crippen LogP contribution < -0.4 is 5.32 Å². The molecule has 5 nitrogen and oxygen atoms in total. The van der Waals surface area contributed by atoms with Crippen LogP contribution in [0.2, 0.25) is 0 Å². The number of ether oxygens (including phenoxy) is 2. The number of methoxy groups -OCH3 is 1. The summed E-state index contributed by atoms with van der Waals surface area (Å²) in [4.78, 5) is 23.0. The predicted octanol–water partition coefficient (Wildman–Crippen LogP) is 0.399. The van der Waals surface area contributed by atoms with Crippen LogP contribution >= 0.6 is 0 Å². The molecule has 16 heavy (non-hydrogen) atoms. The van der Waals surface area contributed by atoms with E-state index < -0.39 is 18.1 Å². The molecule has 90 valence electrons. The maximum atomic E-state index is 11.7. The van der Waals surface area contributed by atoms with E-state index in [1.54, 1.807) is 6.08 Å². The van der Waals surface area contributed by atoms with E-state index in [1.807, 2.05) is 0 Å². The third-order valence-electron chi connectivity index (χ3n) is 2.43. The third-order valence-corrected chi connectivity index (χ3v) is 2.43. The summed E-state index contributed by atoms with van der Waals surface area (Å²) < 4.78 is 9.80. The molecule has 0 saturated carbocycles. The summed E-state index contributed by atoms with van der Waals surface area (Å²) in [7, 11) is 1.29. The number of hydrogen-bond donors (Lipinski definition) is 1. The highest BCUT2D eigenvalue weighted by Crippen LogP contribution is 2.12. The standard InChI is InChI=1S/C11H17NO4/c1-3-5-8(11(14)15-2)12-10(13)9-6-4-7-16-9/h3,8-9H,1,4-7H2,2H3,(H,12,13)/t8-,9-/m1/s1. The van der Waals surface area contributed by atoms with Crippen molar-refractivity contribution in [3.63, 3.8) is 0 Å². The molecule has 0 aromatic rings. The summed E-state index contributed by atoms with van der Waals surface area (Å²) in [6, 6.07) is -0.667. The van der Waals surface area contributed by atoms with Crippen molar-refractivity contribution in [1.82, 2.24) is 5.32 Å². The first kappa shape index (κ1) is 12.7. The van der Waals surface area contributed by atoms with Gasteiger partial charge in [-0.1, -0.05) is 6.08 Å². The van der Waals surface area contributed by atoms with Gasteiger partial charge < -0.3 is 14.8 Å². The molecule has 2 atom stereocenters. The fraction of sp³-hybridized carbons (Fsp3) is 0.636. The quantitative estimate of drug-likeness (QED) is 0.545. The average Bonchev–Trinajstić information content (AvgIpc) is 2.80. The van der Waals surface area contributed by atoms with Crippen LogP contribution in [0.4, 0.5) is 0 Å². The highest BCUT2D eigenvalue weighted by atomic mass is 16.5. The summed E-state index contributed by atoms with van der Waals surface area (Å²) >= 11 is 0. The maximum Gasteiger partial charge on any atom is 0.328 e. The maximum absolute atomic E-state index is 11.7. The molecule has 1 rings (SSSR count). The fourth-order valence-electron chi connectivity index (χ4n) is 1.57. The highest BCUT2D eigenvalue weighted by molar-refractivity contribution is 5.87. The first-order chi connectivity index (χ1) is 7.69. The van der Waals surface area contributed by atoms with Crippen molar-refractivity contribution in [3.05, 3.63) is 12.7 Å². The Hall–Kier alpha value is -1.36. The number of rotatable bonds is 5. The van der Waals surface area contributed by atoms with Gasteiger partial charge in [-0.05, 0) is 19.3 Å². The molecule has 1 saturated heterocycles. The molecule has 5 heteroatoms. The summed E-state index contributed by atoms with van der Waals surface area (Å²) in [6.45, 7) is 4.13. The Morgan fingerprint density at radius 1 is 1.69 bits per heavy atom. The van der Waals surface area contributed by atoms with Crippen molar-refractivity contribution in [3.8, 4) is 0 Å². The molecule has 1 aliphatic heterocycles. The number of carbonyl (C=O) groups is 2. The molecule has 0 unspecified atom stereocenters. The average molecular weight is 227 g/mol. The molecule has 1 aliphatic rings. The lowest BCUT2D eigenvalue weighted by molar-refractivity contribution is -0.146. The van der Waals surface area contributed by atoms with Gasteiger partial charge in [-0.15, -0.1) is 6.58 Å².